The molecule has 0 aliphatic heterocycles. The molecule has 0 saturated carbocycles. The number of halogens is 1. The number of hydrogen-bond donors (Lipinski definition) is 1. The Morgan fingerprint density at radius 1 is 1.05 bits per heavy atom. The molecule has 4 nitrogen and oxygen atoms in total. The van der Waals surface area contributed by atoms with Gasteiger partial charge in [-0.05, 0) is 46.9 Å². The maximum atomic E-state index is 12.2. The summed E-state index contributed by atoms with van der Waals surface area (Å²) < 4.78 is 11.3. The van der Waals surface area contributed by atoms with E-state index in [1.165, 1.54) is 0 Å². The Morgan fingerprint density at radius 3 is 2.40 bits per heavy atom. The third-order valence-electron chi connectivity index (χ3n) is 2.76. The lowest BCUT2D eigenvalue weighted by atomic mass is 10.2. The highest BCUT2D eigenvalue weighted by Gasteiger charge is 2.11. The summed E-state index contributed by atoms with van der Waals surface area (Å²) in [6.45, 7) is 0. The molecule has 0 unspecified atom stereocenters. The van der Waals surface area contributed by atoms with Crippen LogP contribution in [0.5, 0.6) is 11.5 Å². The first-order valence-corrected chi connectivity index (χ1v) is 7.01. The number of nitrogens with one attached hydrogen (secondary N) is 1. The normalized spacial score (nSPS) is 9.95. The zero-order chi connectivity index (χ0) is 14.5. The molecule has 104 valence electrons. The Hall–Kier alpha value is -1.76. The number of ether oxygens (including phenoxy) is 2. The Kier molecular flexibility index (Phi) is 4.84. The van der Waals surface area contributed by atoms with Crippen LogP contribution in [0.2, 0.25) is 0 Å². The van der Waals surface area contributed by atoms with Crippen molar-refractivity contribution >= 4 is 34.2 Å². The van der Waals surface area contributed by atoms with Gasteiger partial charge in [0.2, 0.25) is 0 Å². The van der Waals surface area contributed by atoms with Gasteiger partial charge in [0.15, 0.2) is 11.5 Å². The third kappa shape index (κ3) is 3.22. The number of amides is 1. The lowest BCUT2D eigenvalue weighted by molar-refractivity contribution is 0.102. The number of carbonyl (C=O) groups is 1. The minimum Gasteiger partial charge on any atom is -0.493 e. The van der Waals surface area contributed by atoms with Crippen LogP contribution in [0.4, 0.5) is 5.69 Å². The number of hydrogen-bond acceptors (Lipinski definition) is 3. The smallest absolute Gasteiger partial charge is 0.256 e. The lowest BCUT2D eigenvalue weighted by Gasteiger charge is -2.11. The van der Waals surface area contributed by atoms with Crippen LogP contribution in [0, 0.1) is 3.57 Å². The number of benzene rings is 2. The van der Waals surface area contributed by atoms with Crippen LogP contribution < -0.4 is 14.8 Å². The molecule has 20 heavy (non-hydrogen) atoms. The van der Waals surface area contributed by atoms with Gasteiger partial charge in [-0.15, -0.1) is 0 Å². The topological polar surface area (TPSA) is 47.6 Å². The lowest BCUT2D eigenvalue weighted by Crippen LogP contribution is -2.13. The second-order valence-corrected chi connectivity index (χ2v) is 5.17. The van der Waals surface area contributed by atoms with Gasteiger partial charge in [-0.25, -0.2) is 0 Å². The average Bonchev–Trinajstić information content (AvgIpc) is 2.47. The van der Waals surface area contributed by atoms with E-state index >= 15 is 0 Å². The molecule has 0 atom stereocenters. The van der Waals surface area contributed by atoms with Crippen molar-refractivity contribution in [2.45, 2.75) is 0 Å². The molecular weight excluding hydrogens is 369 g/mol. The predicted molar refractivity (Wildman–Crippen MR) is 86.7 cm³/mol. The van der Waals surface area contributed by atoms with Crippen molar-refractivity contribution in [3.8, 4) is 11.5 Å². The van der Waals surface area contributed by atoms with Gasteiger partial charge >= 0.3 is 0 Å². The SMILES string of the molecule is COc1ccc(NC(=O)c2ccccc2I)cc1OC. The number of anilines is 1. The molecule has 0 bridgehead atoms. The molecule has 1 amide bonds. The summed E-state index contributed by atoms with van der Waals surface area (Å²) in [7, 11) is 3.13. The van der Waals surface area contributed by atoms with E-state index in [0.29, 0.717) is 22.7 Å². The number of carbonyl (C=O) groups excluding carboxylic acids is 1. The van der Waals surface area contributed by atoms with Crippen LogP contribution in [-0.2, 0) is 0 Å². The highest BCUT2D eigenvalue weighted by atomic mass is 127. The summed E-state index contributed by atoms with van der Waals surface area (Å²) in [4.78, 5) is 12.2. The van der Waals surface area contributed by atoms with Crippen molar-refractivity contribution in [1.29, 1.82) is 0 Å². The average molecular weight is 383 g/mol. The zero-order valence-corrected chi connectivity index (χ0v) is 13.3. The molecule has 0 aromatic heterocycles. The molecule has 0 radical (unpaired) electrons. The Labute approximate surface area is 131 Å². The van der Waals surface area contributed by atoms with Crippen molar-refractivity contribution in [3.05, 3.63) is 51.6 Å². The van der Waals surface area contributed by atoms with E-state index in [4.69, 9.17) is 9.47 Å². The van der Waals surface area contributed by atoms with E-state index in [2.05, 4.69) is 27.9 Å². The van der Waals surface area contributed by atoms with Gasteiger partial charge in [0.1, 0.15) is 0 Å². The molecule has 2 aromatic rings. The summed E-state index contributed by atoms with van der Waals surface area (Å²) in [6, 6.07) is 12.7. The minimum atomic E-state index is -0.151. The van der Waals surface area contributed by atoms with Crippen LogP contribution in [-0.4, -0.2) is 20.1 Å². The molecule has 0 heterocycles. The first kappa shape index (κ1) is 14.6. The van der Waals surface area contributed by atoms with Crippen molar-refractivity contribution in [2.75, 3.05) is 19.5 Å². The zero-order valence-electron chi connectivity index (χ0n) is 11.1. The Bertz CT molecular complexity index is 628. The fraction of sp³-hybridized carbons (Fsp3) is 0.133. The second-order valence-electron chi connectivity index (χ2n) is 4.00. The van der Waals surface area contributed by atoms with Crippen LogP contribution >= 0.6 is 22.6 Å². The molecule has 2 rings (SSSR count). The number of methoxy groups -OCH3 is 2. The Morgan fingerprint density at radius 2 is 1.75 bits per heavy atom. The monoisotopic (exact) mass is 383 g/mol. The fourth-order valence-electron chi connectivity index (χ4n) is 1.76. The second kappa shape index (κ2) is 6.60. The molecule has 0 spiro atoms. The molecule has 0 fully saturated rings. The van der Waals surface area contributed by atoms with Crippen LogP contribution in [0.25, 0.3) is 0 Å². The third-order valence-corrected chi connectivity index (χ3v) is 3.70. The largest absolute Gasteiger partial charge is 0.493 e. The summed E-state index contributed by atoms with van der Waals surface area (Å²) in [5.41, 5.74) is 1.30. The van der Waals surface area contributed by atoms with Gasteiger partial charge < -0.3 is 14.8 Å². The standard InChI is InChI=1S/C15H14INO3/c1-19-13-8-7-10(9-14(13)20-2)17-15(18)11-5-3-4-6-12(11)16/h3-9H,1-2H3,(H,17,18). The molecule has 2 aromatic carbocycles. The number of rotatable bonds is 4. The first-order chi connectivity index (χ1) is 9.65. The van der Waals surface area contributed by atoms with Gasteiger partial charge in [-0.1, -0.05) is 12.1 Å². The summed E-state index contributed by atoms with van der Waals surface area (Å²) in [5, 5.41) is 2.85. The van der Waals surface area contributed by atoms with Gasteiger partial charge in [0, 0.05) is 15.3 Å². The van der Waals surface area contributed by atoms with Gasteiger partial charge in [0.05, 0.1) is 19.8 Å². The van der Waals surface area contributed by atoms with E-state index in [1.54, 1.807) is 38.5 Å². The van der Waals surface area contributed by atoms with Crippen molar-refractivity contribution in [3.63, 3.8) is 0 Å². The molecule has 1 N–H and O–H groups in total. The van der Waals surface area contributed by atoms with Gasteiger partial charge in [-0.3, -0.25) is 4.79 Å². The van der Waals surface area contributed by atoms with Crippen LogP contribution in [0.1, 0.15) is 10.4 Å². The molecular formula is C15H14INO3. The van der Waals surface area contributed by atoms with Crippen molar-refractivity contribution in [1.82, 2.24) is 0 Å². The summed E-state index contributed by atoms with van der Waals surface area (Å²) in [6.07, 6.45) is 0. The van der Waals surface area contributed by atoms with Gasteiger partial charge in [0.25, 0.3) is 5.91 Å². The molecule has 0 aliphatic rings. The highest BCUT2D eigenvalue weighted by molar-refractivity contribution is 14.1. The van der Waals surface area contributed by atoms with Crippen molar-refractivity contribution in [2.24, 2.45) is 0 Å². The fourth-order valence-corrected chi connectivity index (χ4v) is 2.39. The van der Waals surface area contributed by atoms with Crippen molar-refractivity contribution < 1.29 is 14.3 Å². The van der Waals surface area contributed by atoms with E-state index in [9.17, 15) is 4.79 Å². The highest BCUT2D eigenvalue weighted by Crippen LogP contribution is 2.30. The Balaban J connectivity index is 2.22. The maximum Gasteiger partial charge on any atom is 0.256 e. The van der Waals surface area contributed by atoms with E-state index < -0.39 is 0 Å². The predicted octanol–water partition coefficient (Wildman–Crippen LogP) is 3.56. The minimum absolute atomic E-state index is 0.151. The quantitative estimate of drug-likeness (QED) is 0.822. The molecule has 5 heteroatoms. The van der Waals surface area contributed by atoms with Crippen LogP contribution in [0.3, 0.4) is 0 Å². The van der Waals surface area contributed by atoms with E-state index in [-0.39, 0.29) is 5.91 Å². The van der Waals surface area contributed by atoms with Crippen LogP contribution in [0.15, 0.2) is 42.5 Å². The summed E-state index contributed by atoms with van der Waals surface area (Å²) >= 11 is 2.14. The first-order valence-electron chi connectivity index (χ1n) is 5.93. The summed E-state index contributed by atoms with van der Waals surface area (Å²) in [5.74, 6) is 1.05. The van der Waals surface area contributed by atoms with E-state index in [0.717, 1.165) is 3.57 Å². The molecule has 0 aliphatic carbocycles. The van der Waals surface area contributed by atoms with E-state index in [1.807, 2.05) is 18.2 Å². The maximum absolute atomic E-state index is 12.2. The van der Waals surface area contributed by atoms with Gasteiger partial charge in [-0.2, -0.15) is 0 Å². The molecule has 0 saturated heterocycles.